The summed E-state index contributed by atoms with van der Waals surface area (Å²) in [5.74, 6) is 1.65. The molecule has 0 spiro atoms. The first-order chi connectivity index (χ1) is 8.35. The van der Waals surface area contributed by atoms with Crippen LogP contribution in [0, 0.1) is 0 Å². The Morgan fingerprint density at radius 2 is 2.12 bits per heavy atom. The topological polar surface area (TPSA) is 21.3 Å². The van der Waals surface area contributed by atoms with Crippen molar-refractivity contribution in [1.82, 2.24) is 5.32 Å². The van der Waals surface area contributed by atoms with Crippen LogP contribution in [0.25, 0.3) is 0 Å². The van der Waals surface area contributed by atoms with Crippen molar-refractivity contribution in [2.75, 3.05) is 13.7 Å². The van der Waals surface area contributed by atoms with Crippen molar-refractivity contribution < 1.29 is 4.74 Å². The largest absolute Gasteiger partial charge is 0.494 e. The second kappa shape index (κ2) is 6.06. The first-order valence-corrected chi connectivity index (χ1v) is 6.75. The summed E-state index contributed by atoms with van der Waals surface area (Å²) in [6, 6.07) is 9.24. The Hall–Kier alpha value is -1.02. The lowest BCUT2D eigenvalue weighted by molar-refractivity contribution is 0.331. The lowest BCUT2D eigenvalue weighted by Gasteiger charge is -2.31. The molecule has 0 aliphatic heterocycles. The van der Waals surface area contributed by atoms with E-state index in [-0.39, 0.29) is 0 Å². The lowest BCUT2D eigenvalue weighted by atomic mass is 9.80. The lowest BCUT2D eigenvalue weighted by Crippen LogP contribution is -2.34. The van der Waals surface area contributed by atoms with E-state index in [2.05, 4.69) is 30.6 Å². The van der Waals surface area contributed by atoms with E-state index in [1.807, 2.05) is 13.0 Å². The van der Waals surface area contributed by atoms with Gasteiger partial charge in [-0.1, -0.05) is 25.0 Å². The van der Waals surface area contributed by atoms with Gasteiger partial charge < -0.3 is 10.1 Å². The molecule has 0 saturated heterocycles. The van der Waals surface area contributed by atoms with Gasteiger partial charge in [-0.05, 0) is 50.4 Å². The normalized spacial score (nSPS) is 24.6. The first-order valence-electron chi connectivity index (χ1n) is 6.75. The van der Waals surface area contributed by atoms with Crippen LogP contribution in [-0.2, 0) is 0 Å². The van der Waals surface area contributed by atoms with Gasteiger partial charge in [0.2, 0.25) is 0 Å². The quantitative estimate of drug-likeness (QED) is 0.861. The highest BCUT2D eigenvalue weighted by atomic mass is 16.5. The molecule has 2 rings (SSSR count). The van der Waals surface area contributed by atoms with E-state index < -0.39 is 0 Å². The number of rotatable bonds is 4. The Morgan fingerprint density at radius 1 is 1.29 bits per heavy atom. The maximum Gasteiger partial charge on any atom is 0.119 e. The van der Waals surface area contributed by atoms with E-state index >= 15 is 0 Å². The molecule has 0 radical (unpaired) electrons. The highest BCUT2D eigenvalue weighted by Gasteiger charge is 2.25. The molecule has 2 nitrogen and oxygen atoms in total. The molecule has 1 aliphatic carbocycles. The van der Waals surface area contributed by atoms with Gasteiger partial charge in [-0.15, -0.1) is 0 Å². The molecule has 94 valence electrons. The minimum Gasteiger partial charge on any atom is -0.494 e. The predicted molar refractivity (Wildman–Crippen MR) is 71.7 cm³/mol. The van der Waals surface area contributed by atoms with E-state index in [9.17, 15) is 0 Å². The highest BCUT2D eigenvalue weighted by Crippen LogP contribution is 2.34. The summed E-state index contributed by atoms with van der Waals surface area (Å²) in [5.41, 5.74) is 1.43. The van der Waals surface area contributed by atoms with Crippen LogP contribution in [0.3, 0.4) is 0 Å². The molecule has 0 heterocycles. The monoisotopic (exact) mass is 233 g/mol. The predicted octanol–water partition coefficient (Wildman–Crippen LogP) is 3.33. The van der Waals surface area contributed by atoms with Crippen LogP contribution in [0.1, 0.15) is 44.1 Å². The van der Waals surface area contributed by atoms with Crippen LogP contribution in [0.5, 0.6) is 5.75 Å². The Balaban J connectivity index is 2.16. The van der Waals surface area contributed by atoms with Gasteiger partial charge >= 0.3 is 0 Å². The fourth-order valence-corrected chi connectivity index (χ4v) is 2.88. The molecule has 17 heavy (non-hydrogen) atoms. The van der Waals surface area contributed by atoms with Gasteiger partial charge in [-0.25, -0.2) is 0 Å². The minimum absolute atomic E-state index is 0.626. The van der Waals surface area contributed by atoms with Gasteiger partial charge in [-0.2, -0.15) is 0 Å². The molecular formula is C15H23NO. The molecule has 1 aromatic carbocycles. The van der Waals surface area contributed by atoms with Crippen LogP contribution < -0.4 is 10.1 Å². The maximum absolute atomic E-state index is 5.59. The molecule has 1 aromatic rings. The minimum atomic E-state index is 0.626. The summed E-state index contributed by atoms with van der Waals surface area (Å²) >= 11 is 0. The molecule has 0 aromatic heterocycles. The second-order valence-corrected chi connectivity index (χ2v) is 4.79. The summed E-state index contributed by atoms with van der Waals surface area (Å²) in [7, 11) is 2.08. The van der Waals surface area contributed by atoms with E-state index in [0.29, 0.717) is 12.0 Å². The van der Waals surface area contributed by atoms with Crippen molar-refractivity contribution in [3.8, 4) is 5.75 Å². The number of hydrogen-bond acceptors (Lipinski definition) is 2. The van der Waals surface area contributed by atoms with Crippen molar-refractivity contribution in [3.05, 3.63) is 29.8 Å². The van der Waals surface area contributed by atoms with Gasteiger partial charge in [0.25, 0.3) is 0 Å². The van der Waals surface area contributed by atoms with Crippen molar-refractivity contribution >= 4 is 0 Å². The highest BCUT2D eigenvalue weighted by molar-refractivity contribution is 5.32. The summed E-state index contributed by atoms with van der Waals surface area (Å²) in [4.78, 5) is 0. The summed E-state index contributed by atoms with van der Waals surface area (Å²) < 4.78 is 5.59. The van der Waals surface area contributed by atoms with Crippen molar-refractivity contribution in [3.63, 3.8) is 0 Å². The van der Waals surface area contributed by atoms with E-state index in [4.69, 9.17) is 4.74 Å². The van der Waals surface area contributed by atoms with Crippen molar-refractivity contribution in [1.29, 1.82) is 0 Å². The second-order valence-electron chi connectivity index (χ2n) is 4.79. The first kappa shape index (κ1) is 12.4. The van der Waals surface area contributed by atoms with Crippen molar-refractivity contribution in [2.45, 2.75) is 44.6 Å². The molecule has 1 aliphatic rings. The van der Waals surface area contributed by atoms with Crippen LogP contribution >= 0.6 is 0 Å². The molecule has 1 saturated carbocycles. The summed E-state index contributed by atoms with van der Waals surface area (Å²) in [5, 5.41) is 3.46. The molecule has 2 atom stereocenters. The molecular weight excluding hydrogens is 210 g/mol. The fraction of sp³-hybridized carbons (Fsp3) is 0.600. The Kier molecular flexibility index (Phi) is 4.43. The number of benzene rings is 1. The van der Waals surface area contributed by atoms with Crippen LogP contribution in [0.2, 0.25) is 0 Å². The molecule has 1 N–H and O–H groups in total. The molecule has 0 bridgehead atoms. The average molecular weight is 233 g/mol. The zero-order valence-corrected chi connectivity index (χ0v) is 10.9. The number of ether oxygens (including phenoxy) is 1. The van der Waals surface area contributed by atoms with Gasteiger partial charge in [0.15, 0.2) is 0 Å². The molecule has 2 heteroatoms. The van der Waals surface area contributed by atoms with Crippen LogP contribution in [0.4, 0.5) is 0 Å². The third-order valence-corrected chi connectivity index (χ3v) is 3.73. The van der Waals surface area contributed by atoms with E-state index in [1.165, 1.54) is 31.2 Å². The fourth-order valence-electron chi connectivity index (χ4n) is 2.88. The number of hydrogen-bond donors (Lipinski definition) is 1. The Bertz CT molecular complexity index is 351. The molecule has 2 unspecified atom stereocenters. The Morgan fingerprint density at radius 3 is 2.88 bits per heavy atom. The van der Waals surface area contributed by atoms with Crippen LogP contribution in [0.15, 0.2) is 24.3 Å². The smallest absolute Gasteiger partial charge is 0.119 e. The standard InChI is InChI=1S/C15H23NO/c1-3-17-13-8-6-7-12(11-13)14-9-4-5-10-15(14)16-2/h6-8,11,14-16H,3-5,9-10H2,1-2H3. The van der Waals surface area contributed by atoms with Gasteiger partial charge in [0, 0.05) is 6.04 Å². The van der Waals surface area contributed by atoms with Crippen LogP contribution in [-0.4, -0.2) is 19.7 Å². The van der Waals surface area contributed by atoms with E-state index in [0.717, 1.165) is 12.4 Å². The number of nitrogens with one attached hydrogen (secondary N) is 1. The van der Waals surface area contributed by atoms with Crippen molar-refractivity contribution in [2.24, 2.45) is 0 Å². The molecule has 0 amide bonds. The average Bonchev–Trinajstić information content (AvgIpc) is 2.39. The zero-order chi connectivity index (χ0) is 12.1. The third kappa shape index (κ3) is 3.01. The Labute approximate surface area is 104 Å². The summed E-state index contributed by atoms with van der Waals surface area (Å²) in [6.45, 7) is 2.77. The third-order valence-electron chi connectivity index (χ3n) is 3.73. The zero-order valence-electron chi connectivity index (χ0n) is 10.9. The van der Waals surface area contributed by atoms with Gasteiger partial charge in [0.05, 0.1) is 6.61 Å². The number of likely N-dealkylation sites (N-methyl/N-ethyl adjacent to an activating group) is 1. The van der Waals surface area contributed by atoms with Gasteiger partial charge in [-0.3, -0.25) is 0 Å². The maximum atomic E-state index is 5.59. The SMILES string of the molecule is CCOc1cccc(C2CCCCC2NC)c1. The van der Waals surface area contributed by atoms with Gasteiger partial charge in [0.1, 0.15) is 5.75 Å². The van der Waals surface area contributed by atoms with E-state index in [1.54, 1.807) is 0 Å². The molecule has 1 fully saturated rings. The summed E-state index contributed by atoms with van der Waals surface area (Å²) in [6.07, 6.45) is 5.29.